The van der Waals surface area contributed by atoms with Gasteiger partial charge in [0.05, 0.1) is 0 Å². The van der Waals surface area contributed by atoms with Gasteiger partial charge in [-0.1, -0.05) is 43.7 Å². The number of nitrogens with one attached hydrogen (secondary N) is 1. The van der Waals surface area contributed by atoms with Crippen molar-refractivity contribution in [3.05, 3.63) is 35.4 Å². The molecule has 1 fully saturated rings. The average Bonchev–Trinajstić information content (AvgIpc) is 3.18. The van der Waals surface area contributed by atoms with Gasteiger partial charge in [0.1, 0.15) is 0 Å². The first-order valence-corrected chi connectivity index (χ1v) is 7.90. The molecule has 1 aliphatic carbocycles. The molecule has 0 bridgehead atoms. The molecule has 0 amide bonds. The lowest BCUT2D eigenvalue weighted by Crippen LogP contribution is -2.40. The molecule has 1 saturated carbocycles. The second-order valence-electron chi connectivity index (χ2n) is 7.16. The van der Waals surface area contributed by atoms with Crippen molar-refractivity contribution in [1.82, 2.24) is 5.32 Å². The number of rotatable bonds is 8. The molecule has 2 nitrogen and oxygen atoms in total. The highest BCUT2D eigenvalue weighted by Crippen LogP contribution is 2.34. The summed E-state index contributed by atoms with van der Waals surface area (Å²) in [7, 11) is 0. The quantitative estimate of drug-likeness (QED) is 0.763. The van der Waals surface area contributed by atoms with E-state index in [4.69, 9.17) is 5.11 Å². The van der Waals surface area contributed by atoms with Gasteiger partial charge in [0.25, 0.3) is 0 Å². The van der Waals surface area contributed by atoms with Gasteiger partial charge in [-0.25, -0.2) is 0 Å². The third-order valence-electron chi connectivity index (χ3n) is 4.36. The van der Waals surface area contributed by atoms with Crippen LogP contribution in [0.5, 0.6) is 0 Å². The first-order valence-electron chi connectivity index (χ1n) is 7.90. The van der Waals surface area contributed by atoms with E-state index < -0.39 is 0 Å². The van der Waals surface area contributed by atoms with Gasteiger partial charge in [-0.05, 0) is 49.5 Å². The highest BCUT2D eigenvalue weighted by Gasteiger charge is 2.32. The van der Waals surface area contributed by atoms with E-state index in [0.717, 1.165) is 25.3 Å². The molecule has 2 rings (SSSR count). The predicted octanol–water partition coefficient (Wildman–Crippen LogP) is 3.31. The van der Waals surface area contributed by atoms with Crippen molar-refractivity contribution in [2.45, 2.75) is 52.5 Å². The normalized spacial score (nSPS) is 17.2. The van der Waals surface area contributed by atoms with Crippen LogP contribution in [-0.2, 0) is 6.42 Å². The summed E-state index contributed by atoms with van der Waals surface area (Å²) in [5, 5.41) is 12.9. The fourth-order valence-corrected chi connectivity index (χ4v) is 2.80. The number of aliphatic hydroxyl groups is 1. The minimum atomic E-state index is 0.175. The summed E-state index contributed by atoms with van der Waals surface area (Å²) < 4.78 is 0. The Morgan fingerprint density at radius 1 is 1.35 bits per heavy atom. The zero-order valence-corrected chi connectivity index (χ0v) is 13.2. The van der Waals surface area contributed by atoms with Gasteiger partial charge in [0, 0.05) is 19.2 Å². The van der Waals surface area contributed by atoms with Crippen molar-refractivity contribution < 1.29 is 5.11 Å². The second kappa shape index (κ2) is 6.73. The van der Waals surface area contributed by atoms with Crippen LogP contribution < -0.4 is 5.32 Å². The molecule has 1 aliphatic rings. The number of aliphatic hydroxyl groups excluding tert-OH is 1. The smallest absolute Gasteiger partial charge is 0.0436 e. The van der Waals surface area contributed by atoms with Crippen LogP contribution in [0, 0.1) is 18.3 Å². The standard InChI is InChI=1S/C18H29NO/c1-14-5-4-6-15(11-14)12-17(16-7-8-16)19-13-18(2,3)9-10-20/h4-6,11,16-17,19-20H,7-10,12-13H2,1-3H3. The summed E-state index contributed by atoms with van der Waals surface area (Å²) >= 11 is 0. The molecule has 0 radical (unpaired) electrons. The Kier molecular flexibility index (Phi) is 5.22. The van der Waals surface area contributed by atoms with E-state index >= 15 is 0 Å². The van der Waals surface area contributed by atoms with Crippen LogP contribution in [0.1, 0.15) is 44.2 Å². The fourth-order valence-electron chi connectivity index (χ4n) is 2.80. The van der Waals surface area contributed by atoms with Crippen molar-refractivity contribution in [1.29, 1.82) is 0 Å². The van der Waals surface area contributed by atoms with E-state index in [1.54, 1.807) is 0 Å². The molecule has 0 aliphatic heterocycles. The molecule has 1 atom stereocenters. The molecule has 0 aromatic heterocycles. The van der Waals surface area contributed by atoms with Crippen LogP contribution >= 0.6 is 0 Å². The number of benzene rings is 1. The molecular formula is C18H29NO. The number of aryl methyl sites for hydroxylation is 1. The topological polar surface area (TPSA) is 32.3 Å². The second-order valence-corrected chi connectivity index (χ2v) is 7.16. The molecule has 0 spiro atoms. The van der Waals surface area contributed by atoms with Crippen molar-refractivity contribution in [2.75, 3.05) is 13.2 Å². The van der Waals surface area contributed by atoms with Crippen LogP contribution in [-0.4, -0.2) is 24.3 Å². The molecular weight excluding hydrogens is 246 g/mol. The van der Waals surface area contributed by atoms with Gasteiger partial charge in [0.15, 0.2) is 0 Å². The minimum absolute atomic E-state index is 0.175. The van der Waals surface area contributed by atoms with Gasteiger partial charge < -0.3 is 10.4 Å². The first kappa shape index (κ1) is 15.5. The van der Waals surface area contributed by atoms with Crippen LogP contribution in [0.15, 0.2) is 24.3 Å². The van der Waals surface area contributed by atoms with Gasteiger partial charge >= 0.3 is 0 Å². The SMILES string of the molecule is Cc1cccc(CC(NCC(C)(C)CCO)C2CC2)c1. The van der Waals surface area contributed by atoms with E-state index in [1.807, 2.05) is 0 Å². The van der Waals surface area contributed by atoms with Crippen molar-refractivity contribution >= 4 is 0 Å². The van der Waals surface area contributed by atoms with Crippen molar-refractivity contribution in [3.8, 4) is 0 Å². The molecule has 20 heavy (non-hydrogen) atoms. The maximum atomic E-state index is 9.13. The minimum Gasteiger partial charge on any atom is -0.396 e. The molecule has 1 unspecified atom stereocenters. The summed E-state index contributed by atoms with van der Waals surface area (Å²) in [5.41, 5.74) is 2.96. The van der Waals surface area contributed by atoms with Crippen molar-refractivity contribution in [2.24, 2.45) is 11.3 Å². The van der Waals surface area contributed by atoms with E-state index in [2.05, 4.69) is 50.4 Å². The summed E-state index contributed by atoms with van der Waals surface area (Å²) in [6, 6.07) is 9.45. The molecule has 112 valence electrons. The van der Waals surface area contributed by atoms with Crippen LogP contribution in [0.3, 0.4) is 0 Å². The summed E-state index contributed by atoms with van der Waals surface area (Å²) in [5.74, 6) is 0.848. The number of hydrogen-bond donors (Lipinski definition) is 2. The van der Waals surface area contributed by atoms with Gasteiger partial charge in [0.2, 0.25) is 0 Å². The third kappa shape index (κ3) is 4.92. The molecule has 0 heterocycles. The maximum Gasteiger partial charge on any atom is 0.0436 e. The Morgan fingerprint density at radius 3 is 2.70 bits per heavy atom. The van der Waals surface area contributed by atoms with Crippen LogP contribution in [0.4, 0.5) is 0 Å². The van der Waals surface area contributed by atoms with Gasteiger partial charge in [-0.15, -0.1) is 0 Å². The zero-order valence-electron chi connectivity index (χ0n) is 13.2. The highest BCUT2D eigenvalue weighted by molar-refractivity contribution is 5.23. The molecule has 0 saturated heterocycles. The Labute approximate surface area is 123 Å². The lowest BCUT2D eigenvalue weighted by molar-refractivity contribution is 0.200. The third-order valence-corrected chi connectivity index (χ3v) is 4.36. The molecule has 1 aromatic rings. The number of hydrogen-bond acceptors (Lipinski definition) is 2. The molecule has 1 aromatic carbocycles. The summed E-state index contributed by atoms with van der Waals surface area (Å²) in [6.07, 6.45) is 4.72. The van der Waals surface area contributed by atoms with E-state index in [1.165, 1.54) is 24.0 Å². The maximum absolute atomic E-state index is 9.13. The first-order chi connectivity index (χ1) is 9.50. The predicted molar refractivity (Wildman–Crippen MR) is 84.9 cm³/mol. The largest absolute Gasteiger partial charge is 0.396 e. The van der Waals surface area contributed by atoms with Gasteiger partial charge in [-0.3, -0.25) is 0 Å². The monoisotopic (exact) mass is 275 g/mol. The average molecular weight is 275 g/mol. The Bertz CT molecular complexity index is 423. The zero-order chi connectivity index (χ0) is 14.6. The lowest BCUT2D eigenvalue weighted by atomic mass is 9.89. The molecule has 2 N–H and O–H groups in total. The Morgan fingerprint density at radius 2 is 2.10 bits per heavy atom. The van der Waals surface area contributed by atoms with Gasteiger partial charge in [-0.2, -0.15) is 0 Å². The summed E-state index contributed by atoms with van der Waals surface area (Å²) in [6.45, 7) is 7.88. The fraction of sp³-hybridized carbons (Fsp3) is 0.667. The molecule has 2 heteroatoms. The van der Waals surface area contributed by atoms with E-state index in [-0.39, 0.29) is 12.0 Å². The summed E-state index contributed by atoms with van der Waals surface area (Å²) in [4.78, 5) is 0. The highest BCUT2D eigenvalue weighted by atomic mass is 16.3. The van der Waals surface area contributed by atoms with Crippen LogP contribution in [0.25, 0.3) is 0 Å². The van der Waals surface area contributed by atoms with E-state index in [0.29, 0.717) is 6.04 Å². The van der Waals surface area contributed by atoms with Crippen LogP contribution in [0.2, 0.25) is 0 Å². The van der Waals surface area contributed by atoms with E-state index in [9.17, 15) is 0 Å². The Balaban J connectivity index is 1.91. The van der Waals surface area contributed by atoms with Crippen molar-refractivity contribution in [3.63, 3.8) is 0 Å². The Hall–Kier alpha value is -0.860. The lowest BCUT2D eigenvalue weighted by Gasteiger charge is -2.28.